The minimum Gasteiger partial charge on any atom is -0.348 e. The van der Waals surface area contributed by atoms with E-state index in [1.807, 2.05) is 17.5 Å². The van der Waals surface area contributed by atoms with E-state index in [4.69, 9.17) is 0 Å². The number of nitrogens with one attached hydrogen (secondary N) is 1. The number of hydrogen-bond acceptors (Lipinski definition) is 2. The van der Waals surface area contributed by atoms with Gasteiger partial charge in [-0.05, 0) is 42.5 Å². The van der Waals surface area contributed by atoms with Gasteiger partial charge in [-0.25, -0.2) is 0 Å². The molecule has 2 bridgehead atoms. The van der Waals surface area contributed by atoms with Gasteiger partial charge in [0.15, 0.2) is 0 Å². The molecule has 2 aliphatic carbocycles. The SMILES string of the molecule is O=C(NC1CC2CCC1C2)c1cccs1. The van der Waals surface area contributed by atoms with Crippen LogP contribution in [0, 0.1) is 11.8 Å². The number of thiophene rings is 1. The number of hydrogen-bond donors (Lipinski definition) is 1. The molecule has 1 heterocycles. The van der Waals surface area contributed by atoms with E-state index in [-0.39, 0.29) is 5.91 Å². The third-order valence-corrected chi connectivity index (χ3v) is 4.67. The zero-order valence-electron chi connectivity index (χ0n) is 8.61. The molecule has 2 nitrogen and oxygen atoms in total. The topological polar surface area (TPSA) is 29.1 Å². The molecule has 0 saturated heterocycles. The highest BCUT2D eigenvalue weighted by Crippen LogP contribution is 2.44. The lowest BCUT2D eigenvalue weighted by Crippen LogP contribution is -2.38. The minimum absolute atomic E-state index is 0.127. The predicted octanol–water partition coefficient (Wildman–Crippen LogP) is 2.67. The van der Waals surface area contributed by atoms with E-state index in [0.29, 0.717) is 6.04 Å². The standard InChI is InChI=1S/C12H15NOS/c14-12(11-2-1-5-15-11)13-10-7-8-3-4-9(10)6-8/h1-2,5,8-10H,3-4,6-7H2,(H,13,14). The summed E-state index contributed by atoms with van der Waals surface area (Å²) in [5.41, 5.74) is 0. The van der Waals surface area contributed by atoms with E-state index in [9.17, 15) is 4.79 Å². The summed E-state index contributed by atoms with van der Waals surface area (Å²) in [6.45, 7) is 0. The van der Waals surface area contributed by atoms with Crippen LogP contribution < -0.4 is 5.32 Å². The fraction of sp³-hybridized carbons (Fsp3) is 0.583. The van der Waals surface area contributed by atoms with Crippen LogP contribution >= 0.6 is 11.3 Å². The highest BCUT2D eigenvalue weighted by Gasteiger charge is 2.40. The maximum atomic E-state index is 11.8. The Bertz CT molecular complexity index is 360. The Kier molecular flexibility index (Phi) is 2.28. The first-order valence-corrected chi connectivity index (χ1v) is 6.55. The number of fused-ring (bicyclic) bond motifs is 2. The normalized spacial score (nSPS) is 33.2. The van der Waals surface area contributed by atoms with Crippen LogP contribution in [0.4, 0.5) is 0 Å². The summed E-state index contributed by atoms with van der Waals surface area (Å²) < 4.78 is 0. The van der Waals surface area contributed by atoms with Crippen molar-refractivity contribution in [2.75, 3.05) is 0 Å². The molecule has 3 rings (SSSR count). The summed E-state index contributed by atoms with van der Waals surface area (Å²) in [5, 5.41) is 5.14. The van der Waals surface area contributed by atoms with Gasteiger partial charge in [0, 0.05) is 6.04 Å². The van der Waals surface area contributed by atoms with Gasteiger partial charge < -0.3 is 5.32 Å². The highest BCUT2D eigenvalue weighted by molar-refractivity contribution is 7.12. The lowest BCUT2D eigenvalue weighted by molar-refractivity contribution is 0.0927. The summed E-state index contributed by atoms with van der Waals surface area (Å²) in [7, 11) is 0. The molecule has 80 valence electrons. The van der Waals surface area contributed by atoms with E-state index in [0.717, 1.165) is 16.7 Å². The quantitative estimate of drug-likeness (QED) is 0.817. The largest absolute Gasteiger partial charge is 0.348 e. The third kappa shape index (κ3) is 1.69. The van der Waals surface area contributed by atoms with Crippen LogP contribution in [0.1, 0.15) is 35.4 Å². The molecule has 0 radical (unpaired) electrons. The van der Waals surface area contributed by atoms with Crippen molar-refractivity contribution in [3.63, 3.8) is 0 Å². The van der Waals surface area contributed by atoms with Gasteiger partial charge >= 0.3 is 0 Å². The van der Waals surface area contributed by atoms with Crippen LogP contribution in [-0.2, 0) is 0 Å². The van der Waals surface area contributed by atoms with Gasteiger partial charge in [-0.2, -0.15) is 0 Å². The molecule has 1 aromatic heterocycles. The molecule has 0 spiro atoms. The van der Waals surface area contributed by atoms with Gasteiger partial charge in [-0.3, -0.25) is 4.79 Å². The Balaban J connectivity index is 1.64. The molecule has 0 aliphatic heterocycles. The Morgan fingerprint density at radius 2 is 2.33 bits per heavy atom. The maximum absolute atomic E-state index is 11.8. The molecule has 1 aromatic rings. The molecule has 15 heavy (non-hydrogen) atoms. The fourth-order valence-corrected chi connectivity index (χ4v) is 3.70. The summed E-state index contributed by atoms with van der Waals surface area (Å²) in [6.07, 6.45) is 5.26. The van der Waals surface area contributed by atoms with E-state index in [2.05, 4.69) is 5.32 Å². The number of carbonyl (C=O) groups excluding carboxylic acids is 1. The van der Waals surface area contributed by atoms with Crippen LogP contribution in [-0.4, -0.2) is 11.9 Å². The molecule has 3 atom stereocenters. The molecule has 1 amide bonds. The van der Waals surface area contributed by atoms with Crippen molar-refractivity contribution in [3.05, 3.63) is 22.4 Å². The average molecular weight is 221 g/mol. The van der Waals surface area contributed by atoms with Crippen LogP contribution in [0.5, 0.6) is 0 Å². The van der Waals surface area contributed by atoms with Gasteiger partial charge in [-0.1, -0.05) is 12.5 Å². The van der Waals surface area contributed by atoms with E-state index >= 15 is 0 Å². The molecule has 2 saturated carbocycles. The van der Waals surface area contributed by atoms with Crippen molar-refractivity contribution in [2.45, 2.75) is 31.7 Å². The number of carbonyl (C=O) groups is 1. The predicted molar refractivity (Wildman–Crippen MR) is 61.0 cm³/mol. The van der Waals surface area contributed by atoms with Crippen LogP contribution in [0.25, 0.3) is 0 Å². The lowest BCUT2D eigenvalue weighted by atomic mass is 9.95. The van der Waals surface area contributed by atoms with Crippen LogP contribution in [0.3, 0.4) is 0 Å². The van der Waals surface area contributed by atoms with E-state index < -0.39 is 0 Å². The monoisotopic (exact) mass is 221 g/mol. The van der Waals surface area contributed by atoms with Crippen molar-refractivity contribution < 1.29 is 4.79 Å². The Labute approximate surface area is 93.7 Å². The smallest absolute Gasteiger partial charge is 0.261 e. The van der Waals surface area contributed by atoms with Crippen molar-refractivity contribution in [1.29, 1.82) is 0 Å². The summed E-state index contributed by atoms with van der Waals surface area (Å²) in [4.78, 5) is 12.7. The summed E-state index contributed by atoms with van der Waals surface area (Å²) >= 11 is 1.52. The third-order valence-electron chi connectivity index (χ3n) is 3.80. The second-order valence-corrected chi connectivity index (χ2v) is 5.68. The molecule has 2 aliphatic rings. The van der Waals surface area contributed by atoms with Crippen molar-refractivity contribution in [3.8, 4) is 0 Å². The maximum Gasteiger partial charge on any atom is 0.261 e. The molecule has 3 unspecified atom stereocenters. The molecule has 2 fully saturated rings. The van der Waals surface area contributed by atoms with Crippen molar-refractivity contribution in [2.24, 2.45) is 11.8 Å². The van der Waals surface area contributed by atoms with Gasteiger partial charge in [0.1, 0.15) is 0 Å². The molecule has 3 heteroatoms. The molecule has 1 N–H and O–H groups in total. The molecular formula is C12H15NOS. The Hall–Kier alpha value is -0.830. The molecule has 0 aromatic carbocycles. The van der Waals surface area contributed by atoms with Crippen molar-refractivity contribution >= 4 is 17.2 Å². The highest BCUT2D eigenvalue weighted by atomic mass is 32.1. The van der Waals surface area contributed by atoms with E-state index in [1.54, 1.807) is 0 Å². The van der Waals surface area contributed by atoms with Gasteiger partial charge in [0.2, 0.25) is 0 Å². The first-order valence-electron chi connectivity index (χ1n) is 5.67. The fourth-order valence-electron chi connectivity index (χ4n) is 3.07. The van der Waals surface area contributed by atoms with Gasteiger partial charge in [0.05, 0.1) is 4.88 Å². The van der Waals surface area contributed by atoms with E-state index in [1.165, 1.54) is 37.0 Å². The minimum atomic E-state index is 0.127. The van der Waals surface area contributed by atoms with Crippen LogP contribution in [0.15, 0.2) is 17.5 Å². The summed E-state index contributed by atoms with van der Waals surface area (Å²) in [6, 6.07) is 4.28. The first kappa shape index (κ1) is 9.40. The van der Waals surface area contributed by atoms with Crippen molar-refractivity contribution in [1.82, 2.24) is 5.32 Å². The Morgan fingerprint density at radius 1 is 1.40 bits per heavy atom. The van der Waals surface area contributed by atoms with Gasteiger partial charge in [0.25, 0.3) is 5.91 Å². The number of amides is 1. The zero-order valence-corrected chi connectivity index (χ0v) is 9.43. The second kappa shape index (κ2) is 3.63. The van der Waals surface area contributed by atoms with Crippen LogP contribution in [0.2, 0.25) is 0 Å². The lowest BCUT2D eigenvalue weighted by Gasteiger charge is -2.22. The molecular weight excluding hydrogens is 206 g/mol. The first-order chi connectivity index (χ1) is 7.33. The Morgan fingerprint density at radius 3 is 2.93 bits per heavy atom. The summed E-state index contributed by atoms with van der Waals surface area (Å²) in [5.74, 6) is 1.78. The average Bonchev–Trinajstić information content (AvgIpc) is 2.95. The number of rotatable bonds is 2. The second-order valence-electron chi connectivity index (χ2n) is 4.73. The zero-order chi connectivity index (χ0) is 10.3. The van der Waals surface area contributed by atoms with Gasteiger partial charge in [-0.15, -0.1) is 11.3 Å².